The van der Waals surface area contributed by atoms with Crippen molar-refractivity contribution < 1.29 is 24.2 Å². The summed E-state index contributed by atoms with van der Waals surface area (Å²) in [6.45, 7) is 5.49. The van der Waals surface area contributed by atoms with Crippen molar-refractivity contribution in [2.45, 2.75) is 39.2 Å². The molecule has 1 atom stereocenters. The van der Waals surface area contributed by atoms with Crippen molar-refractivity contribution in [3.8, 4) is 11.5 Å². The first-order valence-corrected chi connectivity index (χ1v) is 12.8. The maximum absolute atomic E-state index is 13.3. The van der Waals surface area contributed by atoms with E-state index in [1.54, 1.807) is 29.2 Å². The van der Waals surface area contributed by atoms with Gasteiger partial charge in [0.1, 0.15) is 17.3 Å². The number of benzene rings is 3. The van der Waals surface area contributed by atoms with Gasteiger partial charge in [0.2, 0.25) is 0 Å². The Kier molecular flexibility index (Phi) is 8.62. The van der Waals surface area contributed by atoms with Gasteiger partial charge in [-0.05, 0) is 67.3 Å². The van der Waals surface area contributed by atoms with Crippen LogP contribution in [-0.4, -0.2) is 41.5 Å². The summed E-state index contributed by atoms with van der Waals surface area (Å²) in [5, 5.41) is 11.3. The van der Waals surface area contributed by atoms with E-state index in [2.05, 4.69) is 6.92 Å². The Hall–Kier alpha value is -4.06. The van der Waals surface area contributed by atoms with Crippen molar-refractivity contribution in [3.05, 3.63) is 101 Å². The van der Waals surface area contributed by atoms with Crippen LogP contribution in [0.2, 0.25) is 0 Å². The van der Waals surface area contributed by atoms with E-state index < -0.39 is 17.7 Å². The number of hydrogen-bond acceptors (Lipinski definition) is 5. The second kappa shape index (κ2) is 12.3. The molecule has 0 unspecified atom stereocenters. The highest BCUT2D eigenvalue weighted by atomic mass is 16.5. The quantitative estimate of drug-likeness (QED) is 0.153. The highest BCUT2D eigenvalue weighted by Crippen LogP contribution is 2.40. The third kappa shape index (κ3) is 6.02. The lowest BCUT2D eigenvalue weighted by Gasteiger charge is -2.25. The van der Waals surface area contributed by atoms with Crippen molar-refractivity contribution >= 4 is 17.4 Å². The molecule has 1 saturated heterocycles. The van der Waals surface area contributed by atoms with Crippen molar-refractivity contribution in [1.29, 1.82) is 0 Å². The van der Waals surface area contributed by atoms with E-state index in [0.717, 1.165) is 29.7 Å². The fraction of sp³-hybridized carbons (Fsp3) is 0.290. The van der Waals surface area contributed by atoms with E-state index in [9.17, 15) is 14.7 Å². The first kappa shape index (κ1) is 26.0. The van der Waals surface area contributed by atoms with Gasteiger partial charge in [0.05, 0.1) is 24.8 Å². The summed E-state index contributed by atoms with van der Waals surface area (Å²) in [5.41, 5.74) is 2.34. The number of ether oxygens (including phenoxy) is 2. The summed E-state index contributed by atoms with van der Waals surface area (Å²) < 4.78 is 11.3. The molecular formula is C31H33NO5. The predicted molar refractivity (Wildman–Crippen MR) is 144 cm³/mol. The van der Waals surface area contributed by atoms with Crippen LogP contribution in [0.25, 0.3) is 5.76 Å². The van der Waals surface area contributed by atoms with Gasteiger partial charge in [-0.2, -0.15) is 0 Å². The van der Waals surface area contributed by atoms with Gasteiger partial charge in [0.25, 0.3) is 11.7 Å². The SMILES string of the molecule is CCCCOc1ccc([C@H]2C(=C(O)c3ccc(OCC)cc3)C(=O)C(=O)N2CCc2ccccc2)cc1. The number of aliphatic hydroxyl groups is 1. The van der Waals surface area contributed by atoms with Gasteiger partial charge in [-0.1, -0.05) is 55.8 Å². The molecule has 3 aromatic carbocycles. The number of likely N-dealkylation sites (tertiary alicyclic amines) is 1. The molecule has 1 aliphatic rings. The van der Waals surface area contributed by atoms with Crippen LogP contribution in [0, 0.1) is 0 Å². The number of carbonyl (C=O) groups is 2. The number of aliphatic hydroxyl groups excluding tert-OH is 1. The molecule has 0 spiro atoms. The van der Waals surface area contributed by atoms with Crippen molar-refractivity contribution in [1.82, 2.24) is 4.90 Å². The molecule has 6 heteroatoms. The lowest BCUT2D eigenvalue weighted by molar-refractivity contribution is -0.139. The molecule has 0 radical (unpaired) electrons. The van der Waals surface area contributed by atoms with Crippen LogP contribution in [0.4, 0.5) is 0 Å². The standard InChI is InChI=1S/C31H33NO5/c1-3-5-21-37-26-15-11-23(12-16-26)28-27(29(33)24-13-17-25(18-14-24)36-4-2)30(34)31(35)32(28)20-19-22-9-7-6-8-10-22/h6-18,28,33H,3-5,19-21H2,1-2H3/t28-/m0/s1. The first-order valence-electron chi connectivity index (χ1n) is 12.8. The topological polar surface area (TPSA) is 76.1 Å². The van der Waals surface area contributed by atoms with Gasteiger partial charge in [-0.25, -0.2) is 0 Å². The summed E-state index contributed by atoms with van der Waals surface area (Å²) in [6, 6.07) is 23.4. The molecule has 0 saturated carbocycles. The molecule has 1 heterocycles. The summed E-state index contributed by atoms with van der Waals surface area (Å²) >= 11 is 0. The Labute approximate surface area is 218 Å². The van der Waals surface area contributed by atoms with Crippen LogP contribution in [0.5, 0.6) is 11.5 Å². The van der Waals surface area contributed by atoms with Gasteiger partial charge in [0, 0.05) is 12.1 Å². The molecule has 6 nitrogen and oxygen atoms in total. The molecule has 1 fully saturated rings. The predicted octanol–water partition coefficient (Wildman–Crippen LogP) is 5.93. The minimum atomic E-state index is -0.708. The third-order valence-electron chi connectivity index (χ3n) is 6.43. The second-order valence-corrected chi connectivity index (χ2v) is 8.96. The van der Waals surface area contributed by atoms with Crippen molar-refractivity contribution in [3.63, 3.8) is 0 Å². The number of unbranched alkanes of at least 4 members (excludes halogenated alkanes) is 1. The number of amides is 1. The van der Waals surface area contributed by atoms with Crippen LogP contribution in [0.15, 0.2) is 84.4 Å². The van der Waals surface area contributed by atoms with E-state index in [0.29, 0.717) is 37.5 Å². The molecule has 4 rings (SSSR count). The largest absolute Gasteiger partial charge is 0.507 e. The van der Waals surface area contributed by atoms with E-state index in [1.165, 1.54) is 0 Å². The highest BCUT2D eigenvalue weighted by molar-refractivity contribution is 6.46. The van der Waals surface area contributed by atoms with Crippen LogP contribution in [0.3, 0.4) is 0 Å². The average molecular weight is 500 g/mol. The van der Waals surface area contributed by atoms with Crippen LogP contribution in [0.1, 0.15) is 49.4 Å². The normalized spacial score (nSPS) is 16.7. The van der Waals surface area contributed by atoms with Gasteiger partial charge in [0.15, 0.2) is 0 Å². The Morgan fingerprint density at radius 3 is 2.16 bits per heavy atom. The fourth-order valence-corrected chi connectivity index (χ4v) is 4.46. The van der Waals surface area contributed by atoms with Gasteiger partial charge in [-0.3, -0.25) is 9.59 Å². The number of carbonyl (C=O) groups excluding carboxylic acids is 2. The number of rotatable bonds is 11. The molecule has 3 aromatic rings. The summed E-state index contributed by atoms with van der Waals surface area (Å²) in [4.78, 5) is 28.1. The first-order chi connectivity index (χ1) is 18.0. The lowest BCUT2D eigenvalue weighted by Crippen LogP contribution is -2.31. The summed E-state index contributed by atoms with van der Waals surface area (Å²) in [6.07, 6.45) is 2.59. The smallest absolute Gasteiger partial charge is 0.295 e. The van der Waals surface area contributed by atoms with E-state index in [4.69, 9.17) is 9.47 Å². The molecule has 0 aromatic heterocycles. The fourth-order valence-electron chi connectivity index (χ4n) is 4.46. The van der Waals surface area contributed by atoms with Crippen LogP contribution < -0.4 is 9.47 Å². The number of ketones is 1. The second-order valence-electron chi connectivity index (χ2n) is 8.96. The lowest BCUT2D eigenvalue weighted by atomic mass is 9.95. The Morgan fingerprint density at radius 1 is 0.865 bits per heavy atom. The van der Waals surface area contributed by atoms with E-state index in [1.807, 2.05) is 61.5 Å². The summed E-state index contributed by atoms with van der Waals surface area (Å²) in [7, 11) is 0. The zero-order valence-electron chi connectivity index (χ0n) is 21.4. The molecule has 192 valence electrons. The van der Waals surface area contributed by atoms with Crippen LogP contribution in [-0.2, 0) is 16.0 Å². The number of Topliss-reactive ketones (excluding diaryl/α,β-unsaturated/α-hetero) is 1. The summed E-state index contributed by atoms with van der Waals surface area (Å²) in [5.74, 6) is -0.108. The molecule has 1 aliphatic heterocycles. The average Bonchev–Trinajstić information content (AvgIpc) is 3.18. The zero-order chi connectivity index (χ0) is 26.2. The van der Waals surface area contributed by atoms with Gasteiger partial charge < -0.3 is 19.5 Å². The van der Waals surface area contributed by atoms with Crippen molar-refractivity contribution in [2.75, 3.05) is 19.8 Å². The molecular weight excluding hydrogens is 466 g/mol. The molecule has 0 aliphatic carbocycles. The molecule has 0 bridgehead atoms. The Balaban J connectivity index is 1.70. The minimum Gasteiger partial charge on any atom is -0.507 e. The van der Waals surface area contributed by atoms with Gasteiger partial charge >= 0.3 is 0 Å². The minimum absolute atomic E-state index is 0.0851. The number of hydrogen-bond donors (Lipinski definition) is 1. The van der Waals surface area contributed by atoms with E-state index >= 15 is 0 Å². The van der Waals surface area contributed by atoms with E-state index in [-0.39, 0.29) is 11.3 Å². The Bertz CT molecular complexity index is 1230. The molecule has 1 amide bonds. The maximum atomic E-state index is 13.3. The van der Waals surface area contributed by atoms with Gasteiger partial charge in [-0.15, -0.1) is 0 Å². The molecule has 1 N–H and O–H groups in total. The monoisotopic (exact) mass is 499 g/mol. The highest BCUT2D eigenvalue weighted by Gasteiger charge is 2.45. The molecule has 37 heavy (non-hydrogen) atoms. The number of nitrogens with zero attached hydrogens (tertiary/aromatic N) is 1. The van der Waals surface area contributed by atoms with Crippen molar-refractivity contribution in [2.24, 2.45) is 0 Å². The Morgan fingerprint density at radius 2 is 1.51 bits per heavy atom. The zero-order valence-corrected chi connectivity index (χ0v) is 21.4. The third-order valence-corrected chi connectivity index (χ3v) is 6.43. The van der Waals surface area contributed by atoms with Crippen LogP contribution >= 0.6 is 0 Å². The maximum Gasteiger partial charge on any atom is 0.295 e.